The summed E-state index contributed by atoms with van der Waals surface area (Å²) in [4.78, 5) is 16.2. The van der Waals surface area contributed by atoms with Crippen molar-refractivity contribution in [3.63, 3.8) is 0 Å². The Balaban J connectivity index is 2.11. The molecule has 2 heterocycles. The van der Waals surface area contributed by atoms with Gasteiger partial charge in [-0.3, -0.25) is 4.79 Å². The van der Waals surface area contributed by atoms with Crippen molar-refractivity contribution in [1.29, 1.82) is 0 Å². The normalized spacial score (nSPS) is 18.6. The first-order valence-corrected chi connectivity index (χ1v) is 7.93. The van der Waals surface area contributed by atoms with Crippen LogP contribution in [0.1, 0.15) is 46.3 Å². The van der Waals surface area contributed by atoms with Crippen molar-refractivity contribution >= 4 is 17.2 Å². The first kappa shape index (κ1) is 15.1. The third-order valence-corrected chi connectivity index (χ3v) is 4.65. The number of piperidine rings is 1. The van der Waals surface area contributed by atoms with Crippen LogP contribution >= 0.6 is 11.3 Å². The summed E-state index contributed by atoms with van der Waals surface area (Å²) in [6, 6.07) is 1.94. The van der Waals surface area contributed by atoms with E-state index >= 15 is 0 Å². The van der Waals surface area contributed by atoms with E-state index in [9.17, 15) is 4.79 Å². The predicted octanol–water partition coefficient (Wildman–Crippen LogP) is 2.66. The van der Waals surface area contributed by atoms with Crippen molar-refractivity contribution in [2.75, 3.05) is 19.7 Å². The number of amides is 1. The van der Waals surface area contributed by atoms with Crippen LogP contribution in [0.25, 0.3) is 0 Å². The molecule has 3 nitrogen and oxygen atoms in total. The Morgan fingerprint density at radius 3 is 3.10 bits per heavy atom. The molecule has 0 aromatic carbocycles. The van der Waals surface area contributed by atoms with Crippen LogP contribution in [0, 0.1) is 24.7 Å². The van der Waals surface area contributed by atoms with Gasteiger partial charge in [-0.25, -0.2) is 0 Å². The Kier molecular flexibility index (Phi) is 5.22. The molecule has 1 fully saturated rings. The standard InChI is InChI=1S/C16H21NO2S/c1-12-6-5-8-17(11-12)16(19)15-10-13(2)14(20-15)7-3-4-9-18/h10,12,18H,4-6,8-9,11H2,1-2H3. The molecule has 1 saturated heterocycles. The lowest BCUT2D eigenvalue weighted by molar-refractivity contribution is 0.0688. The summed E-state index contributed by atoms with van der Waals surface area (Å²) >= 11 is 1.47. The minimum absolute atomic E-state index is 0.0783. The monoisotopic (exact) mass is 291 g/mol. The number of hydrogen-bond acceptors (Lipinski definition) is 3. The molecule has 1 aliphatic rings. The second-order valence-electron chi connectivity index (χ2n) is 5.40. The maximum absolute atomic E-state index is 12.5. The zero-order chi connectivity index (χ0) is 14.5. The van der Waals surface area contributed by atoms with E-state index in [0.29, 0.717) is 12.3 Å². The van der Waals surface area contributed by atoms with E-state index in [1.165, 1.54) is 17.8 Å². The Bertz CT molecular complexity index is 538. The molecule has 0 aliphatic carbocycles. The highest BCUT2D eigenvalue weighted by molar-refractivity contribution is 7.14. The first-order chi connectivity index (χ1) is 9.61. The number of hydrogen-bond donors (Lipinski definition) is 1. The number of carbonyl (C=O) groups is 1. The molecular formula is C16H21NO2S. The minimum Gasteiger partial charge on any atom is -0.395 e. The van der Waals surface area contributed by atoms with Crippen LogP contribution in [0.4, 0.5) is 0 Å². The van der Waals surface area contributed by atoms with E-state index in [0.717, 1.165) is 34.8 Å². The van der Waals surface area contributed by atoms with Gasteiger partial charge in [0.25, 0.3) is 5.91 Å². The quantitative estimate of drug-likeness (QED) is 0.851. The largest absolute Gasteiger partial charge is 0.395 e. The summed E-state index contributed by atoms with van der Waals surface area (Å²) in [7, 11) is 0. The molecule has 108 valence electrons. The maximum atomic E-state index is 12.5. The molecule has 1 N–H and O–H groups in total. The van der Waals surface area contributed by atoms with Crippen LogP contribution in [0.5, 0.6) is 0 Å². The zero-order valence-electron chi connectivity index (χ0n) is 12.1. The van der Waals surface area contributed by atoms with Gasteiger partial charge in [0.05, 0.1) is 16.4 Å². The smallest absolute Gasteiger partial charge is 0.263 e. The van der Waals surface area contributed by atoms with E-state index in [1.54, 1.807) is 0 Å². The lowest BCUT2D eigenvalue weighted by Crippen LogP contribution is -2.38. The fourth-order valence-electron chi connectivity index (χ4n) is 2.44. The van der Waals surface area contributed by atoms with Crippen LogP contribution in [0.3, 0.4) is 0 Å². The van der Waals surface area contributed by atoms with Crippen LogP contribution in [0.15, 0.2) is 6.07 Å². The summed E-state index contributed by atoms with van der Waals surface area (Å²) < 4.78 is 0. The van der Waals surface area contributed by atoms with E-state index < -0.39 is 0 Å². The number of nitrogens with zero attached hydrogens (tertiary/aromatic N) is 1. The molecule has 1 amide bonds. The predicted molar refractivity (Wildman–Crippen MR) is 81.9 cm³/mol. The lowest BCUT2D eigenvalue weighted by Gasteiger charge is -2.30. The Morgan fingerprint density at radius 2 is 2.40 bits per heavy atom. The third kappa shape index (κ3) is 3.62. The van der Waals surface area contributed by atoms with Crippen molar-refractivity contribution in [3.8, 4) is 11.8 Å². The van der Waals surface area contributed by atoms with Crippen LogP contribution in [-0.2, 0) is 0 Å². The van der Waals surface area contributed by atoms with Crippen LogP contribution in [0.2, 0.25) is 0 Å². The SMILES string of the molecule is Cc1cc(C(=O)N2CCCC(C)C2)sc1C#CCCO. The van der Waals surface area contributed by atoms with Crippen LogP contribution < -0.4 is 0 Å². The first-order valence-electron chi connectivity index (χ1n) is 7.11. The molecule has 0 radical (unpaired) electrons. The van der Waals surface area contributed by atoms with Gasteiger partial charge < -0.3 is 10.0 Å². The summed E-state index contributed by atoms with van der Waals surface area (Å²) in [5.74, 6) is 6.69. The van der Waals surface area contributed by atoms with Crippen molar-refractivity contribution in [2.45, 2.75) is 33.1 Å². The highest BCUT2D eigenvalue weighted by atomic mass is 32.1. The molecule has 1 aromatic heterocycles. The van der Waals surface area contributed by atoms with E-state index in [2.05, 4.69) is 18.8 Å². The Morgan fingerprint density at radius 1 is 1.60 bits per heavy atom. The molecule has 20 heavy (non-hydrogen) atoms. The molecule has 2 rings (SSSR count). The van der Waals surface area contributed by atoms with Gasteiger partial charge in [0, 0.05) is 19.5 Å². The van der Waals surface area contributed by atoms with Gasteiger partial charge in [-0.05, 0) is 37.3 Å². The van der Waals surface area contributed by atoms with Gasteiger partial charge in [-0.15, -0.1) is 11.3 Å². The fraction of sp³-hybridized carbons (Fsp3) is 0.562. The topological polar surface area (TPSA) is 40.5 Å². The Hall–Kier alpha value is -1.31. The molecule has 1 aliphatic heterocycles. The Labute approximate surface area is 124 Å². The minimum atomic E-state index is 0.0783. The average molecular weight is 291 g/mol. The summed E-state index contributed by atoms with van der Waals surface area (Å²) in [6.45, 7) is 5.99. The lowest BCUT2D eigenvalue weighted by atomic mass is 10.0. The van der Waals surface area contributed by atoms with Crippen LogP contribution in [-0.4, -0.2) is 35.6 Å². The highest BCUT2D eigenvalue weighted by Crippen LogP contribution is 2.25. The third-order valence-electron chi connectivity index (χ3n) is 3.51. The molecule has 1 atom stereocenters. The van der Waals surface area contributed by atoms with Gasteiger partial charge in [0.2, 0.25) is 0 Å². The zero-order valence-corrected chi connectivity index (χ0v) is 12.9. The molecule has 0 saturated carbocycles. The summed E-state index contributed by atoms with van der Waals surface area (Å²) in [5.41, 5.74) is 1.05. The molecule has 0 bridgehead atoms. The number of rotatable bonds is 2. The van der Waals surface area contributed by atoms with Gasteiger partial charge in [0.15, 0.2) is 0 Å². The van der Waals surface area contributed by atoms with Crippen molar-refractivity contribution < 1.29 is 9.90 Å². The molecule has 1 aromatic rings. The van der Waals surface area contributed by atoms with E-state index in [4.69, 9.17) is 5.11 Å². The summed E-state index contributed by atoms with van der Waals surface area (Å²) in [5, 5.41) is 8.74. The average Bonchev–Trinajstić information content (AvgIpc) is 2.80. The number of aliphatic hydroxyl groups is 1. The number of likely N-dealkylation sites (tertiary alicyclic amines) is 1. The number of thiophene rings is 1. The van der Waals surface area contributed by atoms with Gasteiger partial charge in [-0.2, -0.15) is 0 Å². The molecular weight excluding hydrogens is 270 g/mol. The highest BCUT2D eigenvalue weighted by Gasteiger charge is 2.23. The van der Waals surface area contributed by atoms with Gasteiger partial charge in [0.1, 0.15) is 0 Å². The van der Waals surface area contributed by atoms with Crippen molar-refractivity contribution in [1.82, 2.24) is 4.90 Å². The van der Waals surface area contributed by atoms with E-state index in [1.807, 2.05) is 17.9 Å². The van der Waals surface area contributed by atoms with Crippen molar-refractivity contribution in [2.24, 2.45) is 5.92 Å². The van der Waals surface area contributed by atoms with Gasteiger partial charge in [-0.1, -0.05) is 18.8 Å². The summed E-state index contributed by atoms with van der Waals surface area (Å²) in [6.07, 6.45) is 2.79. The number of aryl methyl sites for hydroxylation is 1. The second kappa shape index (κ2) is 6.92. The molecule has 1 unspecified atom stereocenters. The molecule has 0 spiro atoms. The second-order valence-corrected chi connectivity index (χ2v) is 6.45. The maximum Gasteiger partial charge on any atom is 0.263 e. The van der Waals surface area contributed by atoms with E-state index in [-0.39, 0.29) is 12.5 Å². The number of aliphatic hydroxyl groups excluding tert-OH is 1. The molecule has 4 heteroatoms. The van der Waals surface area contributed by atoms with Gasteiger partial charge >= 0.3 is 0 Å². The van der Waals surface area contributed by atoms with Crippen molar-refractivity contribution in [3.05, 3.63) is 21.4 Å². The fourth-order valence-corrected chi connectivity index (χ4v) is 3.46. The number of carbonyl (C=O) groups excluding carboxylic acids is 1.